The molecule has 1 aliphatic heterocycles. The Hall–Kier alpha value is -9.17. The van der Waals surface area contributed by atoms with E-state index in [4.69, 9.17) is 30.4 Å². The smallest absolute Gasteiger partial charge is 0.408 e. The van der Waals surface area contributed by atoms with Gasteiger partial charge in [-0.05, 0) is 128 Å². The maximum atomic E-state index is 14.8. The number of hydrogen-bond acceptors (Lipinski definition) is 18. The van der Waals surface area contributed by atoms with E-state index in [0.29, 0.717) is 37.8 Å². The largest absolute Gasteiger partial charge is 0.445 e. The molecule has 2 aromatic carbocycles. The molecule has 572 valence electrons. The number of nitrogens with two attached hydrogens (primary N) is 2. The number of hydrogen-bond donors (Lipinski definition) is 12. The van der Waals surface area contributed by atoms with Crippen molar-refractivity contribution in [2.45, 2.75) is 219 Å². The van der Waals surface area contributed by atoms with E-state index in [9.17, 15) is 57.5 Å². The van der Waals surface area contributed by atoms with Gasteiger partial charge in [-0.2, -0.15) is 0 Å². The van der Waals surface area contributed by atoms with E-state index in [1.54, 1.807) is 78.9 Å². The number of nitrogens with one attached hydrogen (secondary N) is 10. The van der Waals surface area contributed by atoms with Crippen molar-refractivity contribution >= 4 is 88.5 Å². The molecule has 0 radical (unpaired) electrons. The van der Waals surface area contributed by atoms with Gasteiger partial charge in [0.15, 0.2) is 0 Å². The average molecular weight is 1460 g/mol. The number of carbonyl (C=O) groups is 12. The van der Waals surface area contributed by atoms with Crippen LogP contribution in [0.25, 0.3) is 0 Å². The number of methoxy groups -OCH3 is 2. The van der Waals surface area contributed by atoms with E-state index in [0.717, 1.165) is 10.6 Å². The molecule has 32 heteroatoms. The van der Waals surface area contributed by atoms with E-state index in [2.05, 4.69) is 58.2 Å². The number of amides is 14. The Bertz CT molecular complexity index is 3270. The number of aromatic nitrogens is 1. The number of nitrogens with zero attached hydrogens (tertiary/aromatic N) is 3. The van der Waals surface area contributed by atoms with Crippen molar-refractivity contribution in [2.24, 2.45) is 29.2 Å². The van der Waals surface area contributed by atoms with Crippen LogP contribution in [0.15, 0.2) is 66.2 Å². The monoisotopic (exact) mass is 1460 g/mol. The first-order chi connectivity index (χ1) is 48.6. The van der Waals surface area contributed by atoms with E-state index < -0.39 is 131 Å². The highest BCUT2D eigenvalue weighted by Crippen LogP contribution is 2.31. The lowest BCUT2D eigenvalue weighted by molar-refractivity contribution is -0.148. The lowest BCUT2D eigenvalue weighted by Crippen LogP contribution is -2.62. The van der Waals surface area contributed by atoms with Gasteiger partial charge in [0.2, 0.25) is 47.3 Å². The van der Waals surface area contributed by atoms with E-state index in [1.807, 2.05) is 49.6 Å². The van der Waals surface area contributed by atoms with Gasteiger partial charge >= 0.3 is 24.2 Å². The second-order valence-corrected chi connectivity index (χ2v) is 28.7. The van der Waals surface area contributed by atoms with Crippen molar-refractivity contribution in [3.05, 3.63) is 82.3 Å². The zero-order valence-electron chi connectivity index (χ0n) is 62.0. The van der Waals surface area contributed by atoms with Crippen LogP contribution in [0.3, 0.4) is 0 Å². The average Bonchev–Trinajstić information content (AvgIpc) is 1.80. The molecule has 0 spiro atoms. The first-order valence-corrected chi connectivity index (χ1v) is 35.9. The standard InChI is InChI=1S/C71H111N15O16S/c1-15-43(4)57(54(99-13)40-55(88)86-37-22-28-53(86)58(100-14)44(5)59(89)82-52(63-74-36-38-103-63)39-46-23-17-16-18-24-46)85(12)64(93)56(42(2)3)83-65(94)71(10,11)84-69(98)101-41-47-29-31-48(32-30-47)79-60(90)50(26-19-33-75-66(72)95)80-62(92)51(27-20-34-76-67(73)96)81-61(91)49(78-45(6)87)25-21-35-77-68(97)102-70(7,8)9/h16-18,23-24,29-32,36,38,42-44,49-54,56-58H,15,19-22,25-28,33-35,37,39-41H2,1-14H3,(H,77,97)(H,78,87)(H,79,90)(H,80,92)(H,81,91)(H,82,89)(H,83,94)(H,84,98)(H3,72,75,95)(H3,73,76,96)/t43-,44+,49-,50-,51-,52-,53-,54+,56-,57-,58+/m0/s1. The molecule has 0 saturated carbocycles. The van der Waals surface area contributed by atoms with Crippen molar-refractivity contribution < 1.29 is 76.5 Å². The van der Waals surface area contributed by atoms with Crippen molar-refractivity contribution in [1.82, 2.24) is 62.6 Å². The number of likely N-dealkylation sites (N-methyl/N-ethyl adjacent to an activating group) is 1. The number of thiazole rings is 1. The Morgan fingerprint density at radius 1 is 0.699 bits per heavy atom. The minimum absolute atomic E-state index is 0.0210. The molecule has 0 aliphatic carbocycles. The quantitative estimate of drug-likeness (QED) is 0.0335. The normalized spacial score (nSPS) is 15.9. The number of rotatable bonds is 41. The van der Waals surface area contributed by atoms with Gasteiger partial charge in [0.1, 0.15) is 46.9 Å². The van der Waals surface area contributed by atoms with Crippen LogP contribution in [0.2, 0.25) is 0 Å². The molecule has 31 nitrogen and oxygen atoms in total. The highest BCUT2D eigenvalue weighted by atomic mass is 32.1. The van der Waals surface area contributed by atoms with Crippen molar-refractivity contribution in [3.8, 4) is 0 Å². The van der Waals surface area contributed by atoms with Gasteiger partial charge in [-0.3, -0.25) is 38.4 Å². The zero-order chi connectivity index (χ0) is 76.7. The lowest BCUT2D eigenvalue weighted by Gasteiger charge is -2.41. The molecule has 2 heterocycles. The third kappa shape index (κ3) is 29.2. The molecule has 11 atom stereocenters. The number of ether oxygens (including phenoxy) is 4. The summed E-state index contributed by atoms with van der Waals surface area (Å²) >= 11 is 1.46. The van der Waals surface area contributed by atoms with Crippen molar-refractivity contribution in [2.75, 3.05) is 52.8 Å². The van der Waals surface area contributed by atoms with Gasteiger partial charge in [-0.25, -0.2) is 24.2 Å². The highest BCUT2D eigenvalue weighted by molar-refractivity contribution is 7.09. The molecule has 14 N–H and O–H groups in total. The van der Waals surface area contributed by atoms with Crippen LogP contribution in [0.1, 0.15) is 163 Å². The highest BCUT2D eigenvalue weighted by Gasteiger charge is 2.44. The fourth-order valence-electron chi connectivity index (χ4n) is 12.0. The van der Waals surface area contributed by atoms with Crippen LogP contribution in [0, 0.1) is 17.8 Å². The van der Waals surface area contributed by atoms with Gasteiger partial charge in [0, 0.05) is 71.6 Å². The van der Waals surface area contributed by atoms with Gasteiger partial charge in [-0.1, -0.05) is 83.5 Å². The molecule has 103 heavy (non-hydrogen) atoms. The van der Waals surface area contributed by atoms with E-state index in [1.165, 1.54) is 56.3 Å². The predicted octanol–water partition coefficient (Wildman–Crippen LogP) is 4.92. The number of anilines is 1. The van der Waals surface area contributed by atoms with Crippen LogP contribution in [0.4, 0.5) is 24.9 Å². The molecule has 0 unspecified atom stereocenters. The van der Waals surface area contributed by atoms with Crippen LogP contribution in [-0.2, 0) is 70.3 Å². The molecule has 1 aliphatic rings. The van der Waals surface area contributed by atoms with Gasteiger partial charge in [-0.15, -0.1) is 11.3 Å². The first kappa shape index (κ1) is 86.2. The summed E-state index contributed by atoms with van der Waals surface area (Å²) in [6.45, 7) is 18.8. The molecule has 4 rings (SSSR count). The Morgan fingerprint density at radius 2 is 1.27 bits per heavy atom. The van der Waals surface area contributed by atoms with Crippen LogP contribution in [0.5, 0.6) is 0 Å². The van der Waals surface area contributed by atoms with Crippen molar-refractivity contribution in [1.29, 1.82) is 0 Å². The number of urea groups is 2. The van der Waals surface area contributed by atoms with Gasteiger partial charge in [0.05, 0.1) is 42.7 Å². The summed E-state index contributed by atoms with van der Waals surface area (Å²) in [6, 6.07) is 8.05. The molecule has 0 bridgehead atoms. The number of primary amides is 2. The molecule has 1 aromatic heterocycles. The summed E-state index contributed by atoms with van der Waals surface area (Å²) in [5.74, 6) is -5.69. The van der Waals surface area contributed by atoms with Gasteiger partial charge < -0.3 is 93.4 Å². The number of likely N-dealkylation sites (tertiary alicyclic amines) is 1. The summed E-state index contributed by atoms with van der Waals surface area (Å²) in [7, 11) is 4.66. The number of alkyl carbamates (subject to hydrolysis) is 2. The maximum Gasteiger partial charge on any atom is 0.408 e. The van der Waals surface area contributed by atoms with E-state index >= 15 is 0 Å². The fraction of sp³-hybridized carbons (Fsp3) is 0.620. The Labute approximate surface area is 608 Å². The second kappa shape index (κ2) is 42.4. The molecule has 1 saturated heterocycles. The molecular formula is C71H111N15O16S. The number of benzene rings is 2. The zero-order valence-corrected chi connectivity index (χ0v) is 62.8. The third-order valence-electron chi connectivity index (χ3n) is 17.6. The topological polar surface area (TPSA) is 433 Å². The predicted molar refractivity (Wildman–Crippen MR) is 387 cm³/mol. The first-order valence-electron chi connectivity index (χ1n) is 35.0. The Kier molecular flexibility index (Phi) is 35.5. The summed E-state index contributed by atoms with van der Waals surface area (Å²) < 4.78 is 22.9. The minimum Gasteiger partial charge on any atom is -0.445 e. The molecular weight excluding hydrogens is 1350 g/mol. The molecule has 1 fully saturated rings. The third-order valence-corrected chi connectivity index (χ3v) is 18.5. The van der Waals surface area contributed by atoms with Crippen LogP contribution >= 0.6 is 11.3 Å². The second-order valence-electron chi connectivity index (χ2n) is 27.7. The SMILES string of the molecule is CC[C@H](C)[C@@H]([C@@H](CC(=O)N1CCC[C@H]1[C@H](OC)[C@@H](C)C(=O)N[C@@H](Cc1ccccc1)c1nccs1)OC)N(C)C(=O)[C@@H](NC(=O)C(C)(C)NC(=O)OCc1ccc(NC(=O)[C@H](CCCNC(N)=O)NC(=O)[C@H](CCCNC(N)=O)NC(=O)[C@H](CCCNC(=O)OC(C)(C)C)NC(C)=O)cc1)C(C)C. The lowest BCUT2D eigenvalue weighted by atomic mass is 9.89. The summed E-state index contributed by atoms with van der Waals surface area (Å²) in [5, 5.41) is 29.4. The van der Waals surface area contributed by atoms with Crippen molar-refractivity contribution in [3.63, 3.8) is 0 Å². The maximum absolute atomic E-state index is 14.8. The summed E-state index contributed by atoms with van der Waals surface area (Å²) in [6.07, 6.45) is 1.41. The Balaban J connectivity index is 1.40. The van der Waals surface area contributed by atoms with E-state index in [-0.39, 0.29) is 101 Å². The Morgan fingerprint density at radius 3 is 1.79 bits per heavy atom. The fourth-order valence-corrected chi connectivity index (χ4v) is 12.7. The summed E-state index contributed by atoms with van der Waals surface area (Å²) in [4.78, 5) is 168. The van der Waals surface area contributed by atoms with Crippen LogP contribution in [-0.4, -0.2) is 193 Å². The molecule has 3 aromatic rings. The number of carbonyl (C=O) groups excluding carboxylic acids is 12. The van der Waals surface area contributed by atoms with Gasteiger partial charge in [0.25, 0.3) is 0 Å². The van der Waals surface area contributed by atoms with Crippen LogP contribution < -0.4 is 64.6 Å². The minimum atomic E-state index is -1.63. The summed E-state index contributed by atoms with van der Waals surface area (Å²) in [5.41, 5.74) is 9.89. The molecule has 14 amide bonds.